The van der Waals surface area contributed by atoms with E-state index in [2.05, 4.69) is 30.1 Å². The van der Waals surface area contributed by atoms with Gasteiger partial charge in [0.2, 0.25) is 0 Å². The SMILES string of the molecule is CCNCc1cc(CN2CCCC(COC)C2)c(C)o1. The molecule has 0 spiro atoms. The molecule has 114 valence electrons. The standard InChI is InChI=1S/C16H28N2O2/c1-4-17-9-16-8-15(13(2)20-16)11-18-7-5-6-14(10-18)12-19-3/h8,14,17H,4-7,9-12H2,1-3H3. The second-order valence-corrected chi connectivity index (χ2v) is 5.77. The average molecular weight is 280 g/mol. The first kappa shape index (κ1) is 15.5. The molecule has 2 rings (SSSR count). The quantitative estimate of drug-likeness (QED) is 0.833. The molecule has 1 aromatic heterocycles. The van der Waals surface area contributed by atoms with E-state index in [1.165, 1.54) is 24.9 Å². The van der Waals surface area contributed by atoms with Gasteiger partial charge in [-0.15, -0.1) is 0 Å². The Balaban J connectivity index is 1.90. The minimum Gasteiger partial charge on any atom is -0.465 e. The topological polar surface area (TPSA) is 37.6 Å². The number of piperidine rings is 1. The summed E-state index contributed by atoms with van der Waals surface area (Å²) in [4.78, 5) is 2.53. The highest BCUT2D eigenvalue weighted by atomic mass is 16.5. The van der Waals surface area contributed by atoms with Gasteiger partial charge in [0.15, 0.2) is 0 Å². The molecule has 1 fully saturated rings. The third kappa shape index (κ3) is 4.33. The first-order valence-electron chi connectivity index (χ1n) is 7.73. The maximum atomic E-state index is 5.82. The van der Waals surface area contributed by atoms with Crippen LogP contribution < -0.4 is 5.32 Å². The Hall–Kier alpha value is -0.840. The van der Waals surface area contributed by atoms with Crippen LogP contribution in [0, 0.1) is 12.8 Å². The molecule has 20 heavy (non-hydrogen) atoms. The molecule has 1 saturated heterocycles. The van der Waals surface area contributed by atoms with Crippen LogP contribution in [0.3, 0.4) is 0 Å². The van der Waals surface area contributed by atoms with E-state index in [0.717, 1.165) is 44.3 Å². The average Bonchev–Trinajstić information content (AvgIpc) is 2.78. The first-order valence-corrected chi connectivity index (χ1v) is 7.73. The van der Waals surface area contributed by atoms with Gasteiger partial charge in [0.05, 0.1) is 13.2 Å². The summed E-state index contributed by atoms with van der Waals surface area (Å²) in [5.74, 6) is 2.79. The largest absolute Gasteiger partial charge is 0.465 e. The van der Waals surface area contributed by atoms with E-state index >= 15 is 0 Å². The zero-order valence-corrected chi connectivity index (χ0v) is 13.1. The normalized spacial score (nSPS) is 20.4. The van der Waals surface area contributed by atoms with E-state index in [1.807, 2.05) is 0 Å². The number of methoxy groups -OCH3 is 1. The smallest absolute Gasteiger partial charge is 0.118 e. The second-order valence-electron chi connectivity index (χ2n) is 5.77. The molecule has 1 unspecified atom stereocenters. The van der Waals surface area contributed by atoms with E-state index in [1.54, 1.807) is 7.11 Å². The Morgan fingerprint density at radius 1 is 1.50 bits per heavy atom. The molecule has 1 aliphatic rings. The van der Waals surface area contributed by atoms with Gasteiger partial charge in [-0.3, -0.25) is 4.90 Å². The molecular formula is C16H28N2O2. The zero-order chi connectivity index (χ0) is 14.4. The summed E-state index contributed by atoms with van der Waals surface area (Å²) in [5.41, 5.74) is 1.33. The van der Waals surface area contributed by atoms with Crippen LogP contribution in [0.2, 0.25) is 0 Å². The minimum absolute atomic E-state index is 0.683. The van der Waals surface area contributed by atoms with Crippen LogP contribution in [0.15, 0.2) is 10.5 Å². The summed E-state index contributed by atoms with van der Waals surface area (Å²) < 4.78 is 11.1. The number of nitrogens with zero attached hydrogens (tertiary/aromatic N) is 1. The maximum Gasteiger partial charge on any atom is 0.118 e. The Labute approximate surface area is 122 Å². The van der Waals surface area contributed by atoms with Gasteiger partial charge < -0.3 is 14.5 Å². The predicted molar refractivity (Wildman–Crippen MR) is 80.7 cm³/mol. The van der Waals surface area contributed by atoms with E-state index in [-0.39, 0.29) is 0 Å². The van der Waals surface area contributed by atoms with Gasteiger partial charge in [0, 0.05) is 25.8 Å². The Morgan fingerprint density at radius 3 is 3.10 bits per heavy atom. The molecule has 1 aromatic rings. The van der Waals surface area contributed by atoms with Crippen molar-refractivity contribution in [3.8, 4) is 0 Å². The summed E-state index contributed by atoms with van der Waals surface area (Å²) in [7, 11) is 1.80. The van der Waals surface area contributed by atoms with Gasteiger partial charge in [-0.25, -0.2) is 0 Å². The van der Waals surface area contributed by atoms with Crippen molar-refractivity contribution in [3.05, 3.63) is 23.2 Å². The van der Waals surface area contributed by atoms with Crippen LogP contribution in [0.5, 0.6) is 0 Å². The summed E-state index contributed by atoms with van der Waals surface area (Å²) >= 11 is 0. The molecule has 4 heteroatoms. The van der Waals surface area contributed by atoms with Crippen molar-refractivity contribution in [1.82, 2.24) is 10.2 Å². The van der Waals surface area contributed by atoms with Crippen molar-refractivity contribution in [2.24, 2.45) is 5.92 Å². The lowest BCUT2D eigenvalue weighted by Gasteiger charge is -2.32. The maximum absolute atomic E-state index is 5.82. The van der Waals surface area contributed by atoms with Crippen LogP contribution in [-0.2, 0) is 17.8 Å². The fourth-order valence-corrected chi connectivity index (χ4v) is 2.99. The zero-order valence-electron chi connectivity index (χ0n) is 13.1. The summed E-state index contributed by atoms with van der Waals surface area (Å²) in [6.45, 7) is 10.2. The Bertz CT molecular complexity index is 401. The van der Waals surface area contributed by atoms with E-state index in [4.69, 9.17) is 9.15 Å². The first-order chi connectivity index (χ1) is 9.72. The van der Waals surface area contributed by atoms with Crippen LogP contribution in [0.1, 0.15) is 36.8 Å². The highest BCUT2D eigenvalue weighted by Gasteiger charge is 2.21. The summed E-state index contributed by atoms with van der Waals surface area (Å²) in [6, 6.07) is 2.21. The van der Waals surface area contributed by atoms with Gasteiger partial charge in [-0.05, 0) is 44.8 Å². The number of nitrogens with one attached hydrogen (secondary N) is 1. The van der Waals surface area contributed by atoms with E-state index in [0.29, 0.717) is 5.92 Å². The van der Waals surface area contributed by atoms with Gasteiger partial charge in [-0.1, -0.05) is 6.92 Å². The molecule has 0 saturated carbocycles. The van der Waals surface area contributed by atoms with E-state index < -0.39 is 0 Å². The molecule has 0 aliphatic carbocycles. The number of ether oxygens (including phenoxy) is 1. The molecule has 4 nitrogen and oxygen atoms in total. The predicted octanol–water partition coefficient (Wildman–Crippen LogP) is 2.56. The fraction of sp³-hybridized carbons (Fsp3) is 0.750. The number of rotatable bonds is 7. The van der Waals surface area contributed by atoms with Gasteiger partial charge in [-0.2, -0.15) is 0 Å². The Morgan fingerprint density at radius 2 is 2.35 bits per heavy atom. The lowest BCUT2D eigenvalue weighted by molar-refractivity contribution is 0.0872. The third-order valence-corrected chi connectivity index (χ3v) is 4.02. The van der Waals surface area contributed by atoms with Crippen molar-refractivity contribution in [2.75, 3.05) is 33.4 Å². The number of aryl methyl sites for hydroxylation is 1. The van der Waals surface area contributed by atoms with Crippen molar-refractivity contribution < 1.29 is 9.15 Å². The van der Waals surface area contributed by atoms with Gasteiger partial charge in [0.25, 0.3) is 0 Å². The third-order valence-electron chi connectivity index (χ3n) is 4.02. The molecule has 1 aliphatic heterocycles. The fourth-order valence-electron chi connectivity index (χ4n) is 2.99. The second kappa shape index (κ2) is 7.81. The number of hydrogen-bond acceptors (Lipinski definition) is 4. The van der Waals surface area contributed by atoms with E-state index in [9.17, 15) is 0 Å². The van der Waals surface area contributed by atoms with Crippen LogP contribution >= 0.6 is 0 Å². The minimum atomic E-state index is 0.683. The Kier molecular flexibility index (Phi) is 6.07. The molecular weight excluding hydrogens is 252 g/mol. The summed E-state index contributed by atoms with van der Waals surface area (Å²) in [6.07, 6.45) is 2.57. The van der Waals surface area contributed by atoms with Crippen molar-refractivity contribution in [2.45, 2.75) is 39.8 Å². The number of hydrogen-bond donors (Lipinski definition) is 1. The summed E-state index contributed by atoms with van der Waals surface area (Å²) in [5, 5.41) is 3.31. The molecule has 1 atom stereocenters. The van der Waals surface area contributed by atoms with Crippen molar-refractivity contribution in [1.29, 1.82) is 0 Å². The molecule has 2 heterocycles. The highest BCUT2D eigenvalue weighted by molar-refractivity contribution is 5.20. The molecule has 0 aromatic carbocycles. The molecule has 0 amide bonds. The van der Waals surface area contributed by atoms with Crippen molar-refractivity contribution >= 4 is 0 Å². The lowest BCUT2D eigenvalue weighted by Crippen LogP contribution is -2.36. The van der Waals surface area contributed by atoms with Crippen molar-refractivity contribution in [3.63, 3.8) is 0 Å². The molecule has 0 bridgehead atoms. The number of likely N-dealkylation sites (tertiary alicyclic amines) is 1. The van der Waals surface area contributed by atoms with Crippen LogP contribution in [-0.4, -0.2) is 38.3 Å². The monoisotopic (exact) mass is 280 g/mol. The van der Waals surface area contributed by atoms with Crippen LogP contribution in [0.4, 0.5) is 0 Å². The van der Waals surface area contributed by atoms with Gasteiger partial charge in [0.1, 0.15) is 11.5 Å². The molecule has 0 radical (unpaired) electrons. The lowest BCUT2D eigenvalue weighted by atomic mass is 9.98. The van der Waals surface area contributed by atoms with Gasteiger partial charge >= 0.3 is 0 Å². The van der Waals surface area contributed by atoms with Crippen LogP contribution in [0.25, 0.3) is 0 Å². The molecule has 1 N–H and O–H groups in total. The highest BCUT2D eigenvalue weighted by Crippen LogP contribution is 2.22. The number of furan rings is 1.